The first-order valence-corrected chi connectivity index (χ1v) is 6.01. The predicted molar refractivity (Wildman–Crippen MR) is 64.5 cm³/mol. The molecule has 0 radical (unpaired) electrons. The normalized spacial score (nSPS) is 16.5. The van der Waals surface area contributed by atoms with Gasteiger partial charge in [0.05, 0.1) is 12.1 Å². The summed E-state index contributed by atoms with van der Waals surface area (Å²) in [6.07, 6.45) is -4.51. The van der Waals surface area contributed by atoms with Crippen LogP contribution in [-0.4, -0.2) is 24.9 Å². The molecule has 0 saturated carbocycles. The first-order chi connectivity index (χ1) is 8.77. The molecule has 0 bridgehead atoms. The fraction of sp³-hybridized carbons (Fsp3) is 0.273. The topological polar surface area (TPSA) is 49.4 Å². The second-order valence-corrected chi connectivity index (χ2v) is 4.87. The van der Waals surface area contributed by atoms with Crippen molar-refractivity contribution in [2.24, 2.45) is 0 Å². The van der Waals surface area contributed by atoms with Crippen LogP contribution in [0.25, 0.3) is 0 Å². The van der Waals surface area contributed by atoms with Crippen molar-refractivity contribution in [2.75, 3.05) is 18.0 Å². The maximum Gasteiger partial charge on any atom is 0.416 e. The van der Waals surface area contributed by atoms with Gasteiger partial charge in [0, 0.05) is 10.2 Å². The van der Waals surface area contributed by atoms with Crippen LogP contribution >= 0.6 is 15.9 Å². The number of hydrogen-bond acceptors (Lipinski definition) is 2. The Labute approximate surface area is 114 Å². The fourth-order valence-corrected chi connectivity index (χ4v) is 2.17. The minimum atomic E-state index is -4.51. The lowest BCUT2D eigenvalue weighted by atomic mass is 10.1. The quantitative estimate of drug-likeness (QED) is 0.851. The number of nitrogens with zero attached hydrogens (tertiary/aromatic N) is 1. The first-order valence-electron chi connectivity index (χ1n) is 5.22. The van der Waals surface area contributed by atoms with Gasteiger partial charge in [0.2, 0.25) is 11.8 Å². The Morgan fingerprint density at radius 1 is 1.21 bits per heavy atom. The minimum absolute atomic E-state index is 0.0431. The number of anilines is 1. The van der Waals surface area contributed by atoms with E-state index in [2.05, 4.69) is 21.2 Å². The molecule has 19 heavy (non-hydrogen) atoms. The molecule has 0 aromatic heterocycles. The average Bonchev–Trinajstić information content (AvgIpc) is 2.30. The summed E-state index contributed by atoms with van der Waals surface area (Å²) in [7, 11) is 0. The number of piperazine rings is 1. The van der Waals surface area contributed by atoms with Crippen LogP contribution in [0.2, 0.25) is 0 Å². The summed E-state index contributed by atoms with van der Waals surface area (Å²) in [6, 6.07) is 3.13. The van der Waals surface area contributed by atoms with E-state index in [1.165, 1.54) is 6.07 Å². The zero-order valence-electron chi connectivity index (χ0n) is 9.42. The third-order valence-electron chi connectivity index (χ3n) is 2.56. The number of nitrogens with one attached hydrogen (secondary N) is 1. The van der Waals surface area contributed by atoms with Crippen molar-refractivity contribution >= 4 is 33.4 Å². The average molecular weight is 337 g/mol. The van der Waals surface area contributed by atoms with E-state index in [1.54, 1.807) is 0 Å². The predicted octanol–water partition coefficient (Wildman–Crippen LogP) is 1.93. The molecule has 1 fully saturated rings. The van der Waals surface area contributed by atoms with Crippen molar-refractivity contribution in [1.29, 1.82) is 0 Å². The van der Waals surface area contributed by atoms with E-state index in [0.29, 0.717) is 0 Å². The van der Waals surface area contributed by atoms with Crippen molar-refractivity contribution in [2.45, 2.75) is 6.18 Å². The third kappa shape index (κ3) is 3.06. The first kappa shape index (κ1) is 13.9. The molecule has 1 aromatic rings. The zero-order chi connectivity index (χ0) is 14.2. The van der Waals surface area contributed by atoms with Gasteiger partial charge in [0.25, 0.3) is 0 Å². The molecule has 8 heteroatoms. The number of halogens is 4. The summed E-state index contributed by atoms with van der Waals surface area (Å²) >= 11 is 2.97. The van der Waals surface area contributed by atoms with Gasteiger partial charge in [-0.2, -0.15) is 13.2 Å². The van der Waals surface area contributed by atoms with Crippen LogP contribution in [-0.2, 0) is 15.8 Å². The van der Waals surface area contributed by atoms with E-state index in [4.69, 9.17) is 0 Å². The second-order valence-electron chi connectivity index (χ2n) is 3.95. The summed E-state index contributed by atoms with van der Waals surface area (Å²) in [5.74, 6) is -0.862. The van der Waals surface area contributed by atoms with Crippen LogP contribution in [0.4, 0.5) is 18.9 Å². The molecule has 2 rings (SSSR count). The van der Waals surface area contributed by atoms with Crippen molar-refractivity contribution in [3.05, 3.63) is 28.2 Å². The van der Waals surface area contributed by atoms with E-state index in [0.717, 1.165) is 17.0 Å². The van der Waals surface area contributed by atoms with Crippen LogP contribution < -0.4 is 10.2 Å². The molecule has 4 nitrogen and oxygen atoms in total. The number of hydrogen-bond donors (Lipinski definition) is 1. The van der Waals surface area contributed by atoms with Crippen molar-refractivity contribution < 1.29 is 22.8 Å². The van der Waals surface area contributed by atoms with Crippen LogP contribution in [0, 0.1) is 0 Å². The maximum atomic E-state index is 12.7. The van der Waals surface area contributed by atoms with E-state index >= 15 is 0 Å². The minimum Gasteiger partial charge on any atom is -0.345 e. The highest BCUT2D eigenvalue weighted by Crippen LogP contribution is 2.34. The summed E-state index contributed by atoms with van der Waals surface area (Å²) in [5.41, 5.74) is -0.836. The standard InChI is InChI=1S/C11H8BrF3N2O2/c12-7-1-6(11(13,14)15)2-8(3-7)17-5-9(18)16-4-10(17)19/h1-3H,4-5H2,(H,16,18). The van der Waals surface area contributed by atoms with Gasteiger partial charge in [-0.25, -0.2) is 0 Å². The van der Waals surface area contributed by atoms with Gasteiger partial charge in [0.15, 0.2) is 0 Å². The van der Waals surface area contributed by atoms with Gasteiger partial charge in [-0.1, -0.05) is 15.9 Å². The highest BCUT2D eigenvalue weighted by molar-refractivity contribution is 9.10. The van der Waals surface area contributed by atoms with Crippen molar-refractivity contribution in [3.63, 3.8) is 0 Å². The zero-order valence-corrected chi connectivity index (χ0v) is 11.0. The van der Waals surface area contributed by atoms with E-state index < -0.39 is 23.6 Å². The Bertz CT molecular complexity index is 545. The van der Waals surface area contributed by atoms with E-state index in [1.807, 2.05) is 0 Å². The largest absolute Gasteiger partial charge is 0.416 e. The molecular formula is C11H8BrF3N2O2. The maximum absolute atomic E-state index is 12.7. The van der Waals surface area contributed by atoms with Crippen LogP contribution in [0.1, 0.15) is 5.56 Å². The van der Waals surface area contributed by atoms with Gasteiger partial charge in [0.1, 0.15) is 6.54 Å². The third-order valence-corrected chi connectivity index (χ3v) is 3.02. The molecule has 1 saturated heterocycles. The van der Waals surface area contributed by atoms with Gasteiger partial charge < -0.3 is 10.2 Å². The van der Waals surface area contributed by atoms with Gasteiger partial charge >= 0.3 is 6.18 Å². The summed E-state index contributed by atoms with van der Waals surface area (Å²) in [6.45, 7) is -0.501. The van der Waals surface area contributed by atoms with Crippen molar-refractivity contribution in [1.82, 2.24) is 5.32 Å². The number of amides is 2. The molecule has 1 aliphatic heterocycles. The van der Waals surface area contributed by atoms with Crippen LogP contribution in [0.3, 0.4) is 0 Å². The Hall–Kier alpha value is -1.57. The highest BCUT2D eigenvalue weighted by Gasteiger charge is 2.33. The Morgan fingerprint density at radius 2 is 1.89 bits per heavy atom. The number of alkyl halides is 3. The molecule has 1 aromatic carbocycles. The number of carbonyl (C=O) groups is 2. The highest BCUT2D eigenvalue weighted by atomic mass is 79.9. The monoisotopic (exact) mass is 336 g/mol. The molecule has 0 atom stereocenters. The Balaban J connectivity index is 2.41. The smallest absolute Gasteiger partial charge is 0.345 e. The van der Waals surface area contributed by atoms with Gasteiger partial charge in [-0.15, -0.1) is 0 Å². The summed E-state index contributed by atoms with van der Waals surface area (Å²) in [4.78, 5) is 23.9. The lowest BCUT2D eigenvalue weighted by molar-refractivity contribution is -0.137. The molecule has 1 N–H and O–H groups in total. The van der Waals surface area contributed by atoms with Crippen LogP contribution in [0.5, 0.6) is 0 Å². The Kier molecular flexibility index (Phi) is 3.53. The lowest BCUT2D eigenvalue weighted by Gasteiger charge is -2.27. The van der Waals surface area contributed by atoms with Crippen LogP contribution in [0.15, 0.2) is 22.7 Å². The molecule has 0 unspecified atom stereocenters. The van der Waals surface area contributed by atoms with Crippen molar-refractivity contribution in [3.8, 4) is 0 Å². The molecule has 2 amide bonds. The molecular weight excluding hydrogens is 329 g/mol. The Morgan fingerprint density at radius 3 is 2.53 bits per heavy atom. The lowest BCUT2D eigenvalue weighted by Crippen LogP contribution is -2.51. The van der Waals surface area contributed by atoms with Gasteiger partial charge in [-0.3, -0.25) is 9.59 Å². The number of rotatable bonds is 1. The van der Waals surface area contributed by atoms with E-state index in [9.17, 15) is 22.8 Å². The molecule has 0 spiro atoms. The second kappa shape index (κ2) is 4.84. The fourth-order valence-electron chi connectivity index (χ4n) is 1.69. The molecule has 0 aliphatic carbocycles. The van der Waals surface area contributed by atoms with E-state index in [-0.39, 0.29) is 23.2 Å². The SMILES string of the molecule is O=C1CN(c2cc(Br)cc(C(F)(F)F)c2)C(=O)CN1. The number of carbonyl (C=O) groups excluding carboxylic acids is 2. The summed E-state index contributed by atoms with van der Waals surface area (Å²) < 4.78 is 38.2. The summed E-state index contributed by atoms with van der Waals surface area (Å²) in [5, 5.41) is 2.33. The van der Waals surface area contributed by atoms with Gasteiger partial charge in [-0.05, 0) is 18.2 Å². The number of benzene rings is 1. The molecule has 102 valence electrons. The molecule has 1 aliphatic rings. The molecule has 1 heterocycles.